The molecule has 1 heterocycles. The largest absolute Gasteiger partial charge is 0.277 e. The summed E-state index contributed by atoms with van der Waals surface area (Å²) in [5.41, 5.74) is 1.28. The third-order valence-corrected chi connectivity index (χ3v) is 5.99. The van der Waals surface area contributed by atoms with Crippen LogP contribution in [0.5, 0.6) is 0 Å². The van der Waals surface area contributed by atoms with Crippen LogP contribution in [0.2, 0.25) is 0 Å². The van der Waals surface area contributed by atoms with E-state index in [4.69, 9.17) is 0 Å². The van der Waals surface area contributed by atoms with Gasteiger partial charge in [0.25, 0.3) is 0 Å². The minimum absolute atomic E-state index is 0.0171. The molecule has 2 amide bonds. The summed E-state index contributed by atoms with van der Waals surface area (Å²) in [6.45, 7) is 0.338. The van der Waals surface area contributed by atoms with Gasteiger partial charge in [0, 0.05) is 11.8 Å². The summed E-state index contributed by atoms with van der Waals surface area (Å²) in [4.78, 5) is 28.1. The Balaban J connectivity index is 1.58. The lowest BCUT2D eigenvalue weighted by Gasteiger charge is -2.42. The molecule has 128 valence electrons. The molecule has 1 spiro atoms. The van der Waals surface area contributed by atoms with Gasteiger partial charge in [-0.25, -0.2) is 0 Å². The van der Waals surface area contributed by atoms with Crippen molar-refractivity contribution in [1.29, 1.82) is 0 Å². The fourth-order valence-corrected chi connectivity index (χ4v) is 4.77. The van der Waals surface area contributed by atoms with Gasteiger partial charge in [-0.15, -0.1) is 0 Å². The zero-order valence-corrected chi connectivity index (χ0v) is 14.3. The van der Waals surface area contributed by atoms with Gasteiger partial charge in [-0.2, -0.15) is 0 Å². The van der Waals surface area contributed by atoms with Crippen molar-refractivity contribution >= 4 is 11.8 Å². The molecule has 26 heavy (non-hydrogen) atoms. The number of benzene rings is 2. The molecule has 0 saturated carbocycles. The minimum atomic E-state index is -0.818. The van der Waals surface area contributed by atoms with Crippen molar-refractivity contribution in [2.75, 3.05) is 0 Å². The zero-order chi connectivity index (χ0) is 17.7. The van der Waals surface area contributed by atoms with Crippen LogP contribution in [-0.4, -0.2) is 16.7 Å². The van der Waals surface area contributed by atoms with E-state index in [1.807, 2.05) is 60.7 Å². The third kappa shape index (κ3) is 2.00. The van der Waals surface area contributed by atoms with Crippen LogP contribution in [0.15, 0.2) is 85.0 Å². The molecular formula is C23H19NO2. The predicted molar refractivity (Wildman–Crippen MR) is 98.9 cm³/mol. The first-order valence-corrected chi connectivity index (χ1v) is 9.04. The van der Waals surface area contributed by atoms with Crippen LogP contribution < -0.4 is 0 Å². The molecule has 3 aliphatic carbocycles. The lowest BCUT2D eigenvalue weighted by atomic mass is 9.57. The SMILES string of the molecule is O=C1C2C(c3ccccc3)C3C=CC2(C=C3)C(=O)N1Cc1ccccc1. The smallest absolute Gasteiger partial charge is 0.244 e. The molecule has 2 aromatic rings. The van der Waals surface area contributed by atoms with Crippen LogP contribution in [0.1, 0.15) is 17.0 Å². The number of amides is 2. The molecule has 3 heteroatoms. The van der Waals surface area contributed by atoms with Crippen molar-refractivity contribution in [1.82, 2.24) is 4.90 Å². The first-order valence-electron chi connectivity index (χ1n) is 9.04. The molecule has 3 nitrogen and oxygen atoms in total. The average molecular weight is 341 g/mol. The molecule has 1 saturated heterocycles. The summed E-state index contributed by atoms with van der Waals surface area (Å²) in [6, 6.07) is 19.8. The molecule has 0 radical (unpaired) electrons. The van der Waals surface area contributed by atoms with Gasteiger partial charge in [-0.05, 0) is 11.1 Å². The Hall–Kier alpha value is -2.94. The Morgan fingerprint density at radius 2 is 1.46 bits per heavy atom. The lowest BCUT2D eigenvalue weighted by molar-refractivity contribution is -0.141. The van der Waals surface area contributed by atoms with Crippen LogP contribution in [0, 0.1) is 17.3 Å². The van der Waals surface area contributed by atoms with E-state index in [9.17, 15) is 9.59 Å². The number of rotatable bonds is 3. The summed E-state index contributed by atoms with van der Waals surface area (Å²) in [5.74, 6) is -0.309. The highest BCUT2D eigenvalue weighted by Gasteiger charge is 2.63. The topological polar surface area (TPSA) is 37.4 Å². The van der Waals surface area contributed by atoms with E-state index in [2.05, 4.69) is 24.3 Å². The van der Waals surface area contributed by atoms with Gasteiger partial charge in [-0.1, -0.05) is 85.0 Å². The number of hydrogen-bond acceptors (Lipinski definition) is 2. The molecule has 4 aliphatic rings. The highest BCUT2D eigenvalue weighted by molar-refractivity contribution is 6.10. The molecule has 2 unspecified atom stereocenters. The highest BCUT2D eigenvalue weighted by atomic mass is 16.2. The maximum absolute atomic E-state index is 13.4. The molecule has 2 bridgehead atoms. The van der Waals surface area contributed by atoms with Gasteiger partial charge < -0.3 is 0 Å². The maximum atomic E-state index is 13.4. The summed E-state index contributed by atoms with van der Waals surface area (Å²) in [6.07, 6.45) is 8.14. The van der Waals surface area contributed by atoms with Crippen molar-refractivity contribution in [3.05, 3.63) is 96.1 Å². The van der Waals surface area contributed by atoms with Crippen LogP contribution in [0.4, 0.5) is 0 Å². The number of carbonyl (C=O) groups excluding carboxylic acids is 2. The van der Waals surface area contributed by atoms with Crippen molar-refractivity contribution in [3.8, 4) is 0 Å². The summed E-state index contributed by atoms with van der Waals surface area (Å²) in [7, 11) is 0. The quantitative estimate of drug-likeness (QED) is 0.631. The fraction of sp³-hybridized carbons (Fsp3) is 0.217. The van der Waals surface area contributed by atoms with E-state index < -0.39 is 5.41 Å². The second kappa shape index (κ2) is 5.53. The van der Waals surface area contributed by atoms with E-state index in [1.54, 1.807) is 0 Å². The third-order valence-electron chi connectivity index (χ3n) is 5.99. The normalized spacial score (nSPS) is 31.5. The number of nitrogens with zero attached hydrogens (tertiary/aromatic N) is 1. The Kier molecular flexibility index (Phi) is 3.26. The maximum Gasteiger partial charge on any atom is 0.244 e. The first kappa shape index (κ1) is 15.3. The summed E-state index contributed by atoms with van der Waals surface area (Å²) >= 11 is 0. The molecule has 0 N–H and O–H groups in total. The second-order valence-corrected chi connectivity index (χ2v) is 7.36. The molecule has 2 aromatic carbocycles. The van der Waals surface area contributed by atoms with Crippen LogP contribution in [0.25, 0.3) is 0 Å². The van der Waals surface area contributed by atoms with Gasteiger partial charge >= 0.3 is 0 Å². The molecule has 1 aliphatic heterocycles. The predicted octanol–water partition coefficient (Wildman–Crippen LogP) is 3.70. The number of allylic oxidation sites excluding steroid dienone is 2. The standard InChI is InChI=1S/C23H19NO2/c25-21-20-19(17-9-5-2-6-10-17)18-11-13-23(20,14-12-18)22(26)24(21)15-16-7-3-1-4-8-16/h1-14,18-20H,15H2. The van der Waals surface area contributed by atoms with Gasteiger partial charge in [0.05, 0.1) is 17.9 Å². The number of likely N-dealkylation sites (tertiary alicyclic amines) is 1. The van der Waals surface area contributed by atoms with E-state index in [0.29, 0.717) is 6.54 Å². The highest BCUT2D eigenvalue weighted by Crippen LogP contribution is 2.57. The van der Waals surface area contributed by atoms with E-state index >= 15 is 0 Å². The van der Waals surface area contributed by atoms with Gasteiger partial charge in [-0.3, -0.25) is 14.5 Å². The fourth-order valence-electron chi connectivity index (χ4n) is 4.77. The van der Waals surface area contributed by atoms with Crippen LogP contribution >= 0.6 is 0 Å². The van der Waals surface area contributed by atoms with Crippen molar-refractivity contribution < 1.29 is 9.59 Å². The van der Waals surface area contributed by atoms with E-state index in [0.717, 1.165) is 11.1 Å². The van der Waals surface area contributed by atoms with E-state index in [1.165, 1.54) is 4.90 Å². The molecule has 1 fully saturated rings. The lowest BCUT2D eigenvalue weighted by Crippen LogP contribution is -2.42. The zero-order valence-electron chi connectivity index (χ0n) is 14.3. The van der Waals surface area contributed by atoms with Gasteiger partial charge in [0.2, 0.25) is 11.8 Å². The van der Waals surface area contributed by atoms with E-state index in [-0.39, 0.29) is 29.6 Å². The number of imide groups is 1. The summed E-state index contributed by atoms with van der Waals surface area (Å²) in [5, 5.41) is 0. The monoisotopic (exact) mass is 341 g/mol. The average Bonchev–Trinajstić information content (AvgIpc) is 2.92. The van der Waals surface area contributed by atoms with Gasteiger partial charge in [0.1, 0.15) is 0 Å². The minimum Gasteiger partial charge on any atom is -0.277 e. The Labute approximate surface area is 152 Å². The van der Waals surface area contributed by atoms with Crippen molar-refractivity contribution in [2.45, 2.75) is 12.5 Å². The first-order chi connectivity index (χ1) is 12.7. The molecule has 0 aromatic heterocycles. The van der Waals surface area contributed by atoms with Crippen LogP contribution in [0.3, 0.4) is 0 Å². The van der Waals surface area contributed by atoms with Crippen molar-refractivity contribution in [2.24, 2.45) is 17.3 Å². The number of hydrogen-bond donors (Lipinski definition) is 0. The van der Waals surface area contributed by atoms with Gasteiger partial charge in [0.15, 0.2) is 0 Å². The molecular weight excluding hydrogens is 322 g/mol. The second-order valence-electron chi connectivity index (χ2n) is 7.36. The Bertz CT molecular complexity index is 915. The Morgan fingerprint density at radius 3 is 2.12 bits per heavy atom. The van der Waals surface area contributed by atoms with Crippen LogP contribution in [-0.2, 0) is 16.1 Å². The summed E-state index contributed by atoms with van der Waals surface area (Å²) < 4.78 is 0. The molecule has 6 rings (SSSR count). The molecule has 2 atom stereocenters. The Morgan fingerprint density at radius 1 is 0.846 bits per heavy atom. The number of carbonyl (C=O) groups is 2. The van der Waals surface area contributed by atoms with Crippen molar-refractivity contribution in [3.63, 3.8) is 0 Å².